The average molecular weight is 231 g/mol. The number of hydrogen-bond acceptors (Lipinski definition) is 3. The summed E-state index contributed by atoms with van der Waals surface area (Å²) in [7, 11) is 4.03. The van der Waals surface area contributed by atoms with Crippen molar-refractivity contribution in [3.63, 3.8) is 0 Å². The van der Waals surface area contributed by atoms with Gasteiger partial charge in [-0.2, -0.15) is 0 Å². The lowest BCUT2D eigenvalue weighted by molar-refractivity contribution is 0.276. The molecule has 1 N–H and O–H groups in total. The Labute approximate surface area is 101 Å². The molecule has 0 atom stereocenters. The van der Waals surface area contributed by atoms with Gasteiger partial charge in [0, 0.05) is 44.3 Å². The number of benzene rings is 1. The summed E-state index contributed by atoms with van der Waals surface area (Å²) in [6.07, 6.45) is 3.64. The fraction of sp³-hybridized carbons (Fsp3) is 0.308. The van der Waals surface area contributed by atoms with Gasteiger partial charge >= 0.3 is 0 Å². The van der Waals surface area contributed by atoms with E-state index >= 15 is 0 Å². The van der Waals surface area contributed by atoms with Crippen molar-refractivity contribution in [3.05, 3.63) is 36.7 Å². The van der Waals surface area contributed by atoms with Crippen LogP contribution in [0.25, 0.3) is 11.4 Å². The second-order valence-electron chi connectivity index (χ2n) is 4.11. The SMILES string of the molecule is CN(C)c1ccc(-c2nccn2CCO)cc1. The molecule has 1 heterocycles. The van der Waals surface area contributed by atoms with Gasteiger partial charge in [0.25, 0.3) is 0 Å². The first-order valence-corrected chi connectivity index (χ1v) is 5.62. The van der Waals surface area contributed by atoms with Crippen LogP contribution in [0.2, 0.25) is 0 Å². The van der Waals surface area contributed by atoms with Gasteiger partial charge in [0.1, 0.15) is 5.82 Å². The lowest BCUT2D eigenvalue weighted by atomic mass is 10.2. The minimum Gasteiger partial charge on any atom is -0.395 e. The first-order valence-electron chi connectivity index (χ1n) is 5.62. The molecule has 1 aromatic heterocycles. The van der Waals surface area contributed by atoms with E-state index < -0.39 is 0 Å². The summed E-state index contributed by atoms with van der Waals surface area (Å²) >= 11 is 0. The summed E-state index contributed by atoms with van der Waals surface area (Å²) in [6, 6.07) is 8.22. The molecule has 0 saturated heterocycles. The van der Waals surface area contributed by atoms with Crippen molar-refractivity contribution in [3.8, 4) is 11.4 Å². The molecule has 2 aromatic rings. The largest absolute Gasteiger partial charge is 0.395 e. The van der Waals surface area contributed by atoms with Crippen molar-refractivity contribution >= 4 is 5.69 Å². The molecule has 4 heteroatoms. The maximum Gasteiger partial charge on any atom is 0.139 e. The van der Waals surface area contributed by atoms with Crippen LogP contribution in [0.3, 0.4) is 0 Å². The van der Waals surface area contributed by atoms with Crippen LogP contribution < -0.4 is 4.90 Å². The van der Waals surface area contributed by atoms with Gasteiger partial charge in [-0.15, -0.1) is 0 Å². The standard InChI is InChI=1S/C13H17N3O/c1-15(2)12-5-3-11(4-6-12)13-14-7-8-16(13)9-10-17/h3-8,17H,9-10H2,1-2H3. The third kappa shape index (κ3) is 2.47. The maximum atomic E-state index is 8.97. The van der Waals surface area contributed by atoms with Crippen molar-refractivity contribution in [2.75, 3.05) is 25.6 Å². The van der Waals surface area contributed by atoms with E-state index in [4.69, 9.17) is 5.11 Å². The summed E-state index contributed by atoms with van der Waals surface area (Å²) in [5, 5.41) is 8.97. The Hall–Kier alpha value is -1.81. The van der Waals surface area contributed by atoms with Crippen LogP contribution in [0.4, 0.5) is 5.69 Å². The fourth-order valence-corrected chi connectivity index (χ4v) is 1.77. The zero-order valence-electron chi connectivity index (χ0n) is 10.2. The lowest BCUT2D eigenvalue weighted by Gasteiger charge is -2.13. The summed E-state index contributed by atoms with van der Waals surface area (Å²) < 4.78 is 1.95. The molecule has 0 amide bonds. The van der Waals surface area contributed by atoms with Gasteiger partial charge in [0.15, 0.2) is 0 Å². The molecule has 0 aliphatic carbocycles. The van der Waals surface area contributed by atoms with Crippen molar-refractivity contribution in [1.29, 1.82) is 0 Å². The minimum atomic E-state index is 0.124. The Morgan fingerprint density at radius 3 is 2.53 bits per heavy atom. The molecule has 0 radical (unpaired) electrons. The van der Waals surface area contributed by atoms with Crippen LogP contribution in [-0.4, -0.2) is 35.4 Å². The van der Waals surface area contributed by atoms with Gasteiger partial charge in [-0.1, -0.05) is 0 Å². The second-order valence-corrected chi connectivity index (χ2v) is 4.11. The topological polar surface area (TPSA) is 41.3 Å². The molecule has 0 bridgehead atoms. The van der Waals surface area contributed by atoms with E-state index in [0.29, 0.717) is 6.54 Å². The van der Waals surface area contributed by atoms with E-state index in [2.05, 4.69) is 22.0 Å². The summed E-state index contributed by atoms with van der Waals surface area (Å²) in [6.45, 7) is 0.698. The second kappa shape index (κ2) is 5.01. The Bertz CT molecular complexity index is 474. The van der Waals surface area contributed by atoms with Crippen molar-refractivity contribution in [2.24, 2.45) is 0 Å². The molecular weight excluding hydrogens is 214 g/mol. The smallest absolute Gasteiger partial charge is 0.139 e. The van der Waals surface area contributed by atoms with Gasteiger partial charge in [-0.3, -0.25) is 0 Å². The summed E-state index contributed by atoms with van der Waals surface area (Å²) in [5.74, 6) is 0.893. The molecule has 1 aromatic carbocycles. The highest BCUT2D eigenvalue weighted by atomic mass is 16.3. The van der Waals surface area contributed by atoms with E-state index in [1.54, 1.807) is 6.20 Å². The number of aromatic nitrogens is 2. The molecule has 17 heavy (non-hydrogen) atoms. The third-order valence-electron chi connectivity index (χ3n) is 2.70. The van der Waals surface area contributed by atoms with Crippen LogP contribution in [0, 0.1) is 0 Å². The van der Waals surface area contributed by atoms with Crippen LogP contribution in [0.5, 0.6) is 0 Å². The fourth-order valence-electron chi connectivity index (χ4n) is 1.77. The van der Waals surface area contributed by atoms with Gasteiger partial charge in [0.05, 0.1) is 6.61 Å². The molecule has 2 rings (SSSR count). The Morgan fingerprint density at radius 2 is 1.94 bits per heavy atom. The highest BCUT2D eigenvalue weighted by molar-refractivity contribution is 5.60. The average Bonchev–Trinajstić information content (AvgIpc) is 2.78. The van der Waals surface area contributed by atoms with E-state index in [0.717, 1.165) is 17.1 Å². The number of aliphatic hydroxyl groups is 1. The number of imidazole rings is 1. The van der Waals surface area contributed by atoms with E-state index in [1.165, 1.54) is 0 Å². The van der Waals surface area contributed by atoms with Crippen LogP contribution in [0.15, 0.2) is 36.7 Å². The van der Waals surface area contributed by atoms with Gasteiger partial charge in [-0.05, 0) is 24.3 Å². The number of anilines is 1. The highest BCUT2D eigenvalue weighted by Gasteiger charge is 2.05. The van der Waals surface area contributed by atoms with E-state index in [1.807, 2.05) is 37.0 Å². The van der Waals surface area contributed by atoms with Crippen molar-refractivity contribution < 1.29 is 5.11 Å². The highest BCUT2D eigenvalue weighted by Crippen LogP contribution is 2.20. The molecule has 0 fully saturated rings. The molecule has 0 unspecified atom stereocenters. The van der Waals surface area contributed by atoms with Gasteiger partial charge in [-0.25, -0.2) is 4.98 Å². The zero-order chi connectivity index (χ0) is 12.3. The van der Waals surface area contributed by atoms with E-state index in [-0.39, 0.29) is 6.61 Å². The molecular formula is C13H17N3O. The number of rotatable bonds is 4. The van der Waals surface area contributed by atoms with Gasteiger partial charge in [0.2, 0.25) is 0 Å². The molecule has 0 aliphatic rings. The van der Waals surface area contributed by atoms with Crippen LogP contribution in [0.1, 0.15) is 0 Å². The lowest BCUT2D eigenvalue weighted by Crippen LogP contribution is -2.08. The van der Waals surface area contributed by atoms with Gasteiger partial charge < -0.3 is 14.6 Å². The van der Waals surface area contributed by atoms with E-state index in [9.17, 15) is 0 Å². The molecule has 0 aliphatic heterocycles. The first kappa shape index (κ1) is 11.7. The minimum absolute atomic E-state index is 0.124. The predicted octanol–water partition coefficient (Wildman–Crippen LogP) is 1.61. The molecule has 4 nitrogen and oxygen atoms in total. The summed E-state index contributed by atoms with van der Waals surface area (Å²) in [5.41, 5.74) is 2.23. The normalized spacial score (nSPS) is 10.5. The molecule has 0 spiro atoms. The van der Waals surface area contributed by atoms with Crippen LogP contribution in [-0.2, 0) is 6.54 Å². The number of aliphatic hydroxyl groups excluding tert-OH is 1. The maximum absolute atomic E-state index is 8.97. The quantitative estimate of drug-likeness (QED) is 0.869. The predicted molar refractivity (Wildman–Crippen MR) is 69.1 cm³/mol. The Kier molecular flexibility index (Phi) is 3.44. The monoisotopic (exact) mass is 231 g/mol. The number of hydrogen-bond donors (Lipinski definition) is 1. The first-order chi connectivity index (χ1) is 8.22. The third-order valence-corrected chi connectivity index (χ3v) is 2.70. The summed E-state index contributed by atoms with van der Waals surface area (Å²) in [4.78, 5) is 6.38. The zero-order valence-corrected chi connectivity index (χ0v) is 10.2. The van der Waals surface area contributed by atoms with Crippen molar-refractivity contribution in [1.82, 2.24) is 9.55 Å². The molecule has 90 valence electrons. The van der Waals surface area contributed by atoms with Crippen LogP contribution >= 0.6 is 0 Å². The van der Waals surface area contributed by atoms with Crippen molar-refractivity contribution in [2.45, 2.75) is 6.54 Å². The number of nitrogens with zero attached hydrogens (tertiary/aromatic N) is 3. The Morgan fingerprint density at radius 1 is 1.24 bits per heavy atom. The Balaban J connectivity index is 2.30. The molecule has 0 saturated carbocycles.